The number of aromatic nitrogens is 1. The predicted octanol–water partition coefficient (Wildman–Crippen LogP) is 1.94. The molecule has 7 heteroatoms. The van der Waals surface area contributed by atoms with Crippen molar-refractivity contribution in [2.45, 2.75) is 13.3 Å². The van der Waals surface area contributed by atoms with Crippen LogP contribution in [0, 0.1) is 0 Å². The summed E-state index contributed by atoms with van der Waals surface area (Å²) in [6.45, 7) is 4.27. The number of rotatable bonds is 9. The molecule has 1 aromatic rings. The second-order valence-electron chi connectivity index (χ2n) is 3.30. The van der Waals surface area contributed by atoms with Crippen LogP contribution < -0.4 is 0 Å². The summed E-state index contributed by atoms with van der Waals surface area (Å²) in [6.07, 6.45) is 0.141. The monoisotopic (exact) mass is 293 g/mol. The lowest BCUT2D eigenvalue weighted by atomic mass is 10.3. The van der Waals surface area contributed by atoms with Gasteiger partial charge in [0.05, 0.1) is 31.9 Å². The highest BCUT2D eigenvalue weighted by molar-refractivity contribution is 7.13. The Morgan fingerprint density at radius 3 is 2.72 bits per heavy atom. The zero-order valence-corrected chi connectivity index (χ0v) is 11.8. The maximum Gasteiger partial charge on any atom is 0.311 e. The van der Waals surface area contributed by atoms with Crippen LogP contribution in [0.2, 0.25) is 4.47 Å². The Morgan fingerprint density at radius 2 is 2.06 bits per heavy atom. The number of halogens is 1. The summed E-state index contributed by atoms with van der Waals surface area (Å²) in [6, 6.07) is 0. The molecule has 0 aliphatic carbocycles. The van der Waals surface area contributed by atoms with Crippen molar-refractivity contribution < 1.29 is 19.0 Å². The number of carbonyl (C=O) groups is 1. The Labute approximate surface area is 115 Å². The normalized spacial score (nSPS) is 10.6. The van der Waals surface area contributed by atoms with Crippen LogP contribution in [0.15, 0.2) is 5.38 Å². The van der Waals surface area contributed by atoms with Crippen LogP contribution in [0.3, 0.4) is 0 Å². The first-order valence-electron chi connectivity index (χ1n) is 5.63. The van der Waals surface area contributed by atoms with E-state index in [1.54, 1.807) is 5.38 Å². The first-order valence-corrected chi connectivity index (χ1v) is 6.89. The van der Waals surface area contributed by atoms with Gasteiger partial charge in [0, 0.05) is 12.0 Å². The molecule has 18 heavy (non-hydrogen) atoms. The molecule has 0 fully saturated rings. The van der Waals surface area contributed by atoms with Crippen LogP contribution in [-0.4, -0.2) is 44.0 Å². The molecule has 1 heterocycles. The minimum atomic E-state index is -0.328. The van der Waals surface area contributed by atoms with Gasteiger partial charge in [-0.1, -0.05) is 11.6 Å². The fourth-order valence-corrected chi connectivity index (χ4v) is 1.92. The van der Waals surface area contributed by atoms with Gasteiger partial charge in [-0.2, -0.15) is 0 Å². The van der Waals surface area contributed by atoms with Gasteiger partial charge in [-0.3, -0.25) is 4.79 Å². The Balaban J connectivity index is 2.00. The van der Waals surface area contributed by atoms with Gasteiger partial charge in [0.15, 0.2) is 4.47 Å². The van der Waals surface area contributed by atoms with E-state index in [2.05, 4.69) is 4.98 Å². The molecule has 0 saturated carbocycles. The minimum Gasteiger partial charge on any atom is -0.463 e. The van der Waals surface area contributed by atoms with Crippen LogP contribution in [0.25, 0.3) is 0 Å². The summed E-state index contributed by atoms with van der Waals surface area (Å²) in [4.78, 5) is 15.3. The van der Waals surface area contributed by atoms with Crippen molar-refractivity contribution in [1.82, 2.24) is 4.98 Å². The maximum absolute atomic E-state index is 11.4. The van der Waals surface area contributed by atoms with Crippen LogP contribution in [0.4, 0.5) is 0 Å². The molecule has 0 bridgehead atoms. The van der Waals surface area contributed by atoms with E-state index in [1.807, 2.05) is 6.92 Å². The lowest BCUT2D eigenvalue weighted by molar-refractivity contribution is -0.144. The van der Waals surface area contributed by atoms with Crippen LogP contribution in [0.1, 0.15) is 12.6 Å². The summed E-state index contributed by atoms with van der Waals surface area (Å²) >= 11 is 6.95. The molecule has 0 radical (unpaired) electrons. The van der Waals surface area contributed by atoms with Crippen LogP contribution in [0.5, 0.6) is 0 Å². The lowest BCUT2D eigenvalue weighted by Gasteiger charge is -2.05. The number of thiazole rings is 1. The quantitative estimate of drug-likeness (QED) is 0.514. The average molecular weight is 294 g/mol. The highest BCUT2D eigenvalue weighted by Gasteiger charge is 2.07. The lowest BCUT2D eigenvalue weighted by Crippen LogP contribution is -2.14. The van der Waals surface area contributed by atoms with Crippen molar-refractivity contribution in [3.8, 4) is 0 Å². The van der Waals surface area contributed by atoms with Gasteiger partial charge in [-0.15, -0.1) is 11.3 Å². The summed E-state index contributed by atoms with van der Waals surface area (Å²) in [5.74, 6) is -0.328. The SMILES string of the molecule is CCOCCOCCOC(=O)Cc1csc(Cl)n1. The van der Waals surface area contributed by atoms with E-state index in [1.165, 1.54) is 11.3 Å². The van der Waals surface area contributed by atoms with Crippen LogP contribution in [-0.2, 0) is 25.4 Å². The molecule has 0 aliphatic heterocycles. The van der Waals surface area contributed by atoms with Gasteiger partial charge in [0.1, 0.15) is 6.61 Å². The number of esters is 1. The molecule has 0 unspecified atom stereocenters. The average Bonchev–Trinajstić information content (AvgIpc) is 2.73. The minimum absolute atomic E-state index is 0.141. The number of carbonyl (C=O) groups excluding carboxylic acids is 1. The van der Waals surface area contributed by atoms with Crippen molar-refractivity contribution in [2.24, 2.45) is 0 Å². The molecule has 1 rings (SSSR count). The van der Waals surface area contributed by atoms with Gasteiger partial charge in [-0.05, 0) is 6.92 Å². The highest BCUT2D eigenvalue weighted by atomic mass is 35.5. The van der Waals surface area contributed by atoms with E-state index < -0.39 is 0 Å². The van der Waals surface area contributed by atoms with Gasteiger partial charge in [0.2, 0.25) is 0 Å². The number of nitrogens with zero attached hydrogens (tertiary/aromatic N) is 1. The third-order valence-electron chi connectivity index (χ3n) is 1.92. The van der Waals surface area contributed by atoms with Crippen molar-refractivity contribution >= 4 is 28.9 Å². The highest BCUT2D eigenvalue weighted by Crippen LogP contribution is 2.15. The molecule has 0 N–H and O–H groups in total. The van der Waals surface area contributed by atoms with Crippen molar-refractivity contribution in [3.63, 3.8) is 0 Å². The first kappa shape index (κ1) is 15.4. The van der Waals surface area contributed by atoms with Crippen LogP contribution >= 0.6 is 22.9 Å². The Kier molecular flexibility index (Phi) is 7.91. The number of hydrogen-bond donors (Lipinski definition) is 0. The van der Waals surface area contributed by atoms with Crippen molar-refractivity contribution in [3.05, 3.63) is 15.5 Å². The zero-order chi connectivity index (χ0) is 13.2. The number of ether oxygens (including phenoxy) is 3. The Hall–Kier alpha value is -0.690. The van der Waals surface area contributed by atoms with Gasteiger partial charge >= 0.3 is 5.97 Å². The van der Waals surface area contributed by atoms with Crippen molar-refractivity contribution in [2.75, 3.05) is 33.0 Å². The molecule has 0 atom stereocenters. The number of hydrogen-bond acceptors (Lipinski definition) is 6. The first-order chi connectivity index (χ1) is 8.72. The molecular formula is C11H16ClNO4S. The molecule has 1 aromatic heterocycles. The molecule has 0 aromatic carbocycles. The van der Waals surface area contributed by atoms with E-state index in [0.29, 0.717) is 36.6 Å². The second kappa shape index (κ2) is 9.27. The fraction of sp³-hybridized carbons (Fsp3) is 0.636. The Morgan fingerprint density at radius 1 is 1.33 bits per heavy atom. The zero-order valence-electron chi connectivity index (χ0n) is 10.2. The smallest absolute Gasteiger partial charge is 0.311 e. The topological polar surface area (TPSA) is 57.7 Å². The van der Waals surface area contributed by atoms with Gasteiger partial charge in [-0.25, -0.2) is 4.98 Å². The largest absolute Gasteiger partial charge is 0.463 e. The fourth-order valence-electron chi connectivity index (χ4n) is 1.14. The van der Waals surface area contributed by atoms with E-state index in [4.69, 9.17) is 25.8 Å². The second-order valence-corrected chi connectivity index (χ2v) is 4.74. The molecular weight excluding hydrogens is 278 g/mol. The van der Waals surface area contributed by atoms with Gasteiger partial charge < -0.3 is 14.2 Å². The summed E-state index contributed by atoms with van der Waals surface area (Å²) < 4.78 is 15.7. The van der Waals surface area contributed by atoms with E-state index >= 15 is 0 Å². The van der Waals surface area contributed by atoms with Crippen molar-refractivity contribution in [1.29, 1.82) is 0 Å². The van der Waals surface area contributed by atoms with E-state index in [0.717, 1.165) is 0 Å². The van der Waals surface area contributed by atoms with Gasteiger partial charge in [0.25, 0.3) is 0 Å². The maximum atomic E-state index is 11.4. The summed E-state index contributed by atoms with van der Waals surface area (Å²) in [5, 5.41) is 1.74. The third kappa shape index (κ3) is 6.90. The standard InChI is InChI=1S/C11H16ClNO4S/c1-2-15-3-4-16-5-6-17-10(14)7-9-8-18-11(12)13-9/h8H,2-7H2,1H3. The summed E-state index contributed by atoms with van der Waals surface area (Å²) in [7, 11) is 0. The third-order valence-corrected chi connectivity index (χ3v) is 2.94. The van der Waals surface area contributed by atoms with E-state index in [-0.39, 0.29) is 19.0 Å². The molecule has 0 aliphatic rings. The molecule has 0 saturated heterocycles. The molecule has 102 valence electrons. The molecule has 5 nitrogen and oxygen atoms in total. The predicted molar refractivity (Wildman–Crippen MR) is 69.1 cm³/mol. The Bertz CT molecular complexity index is 359. The van der Waals surface area contributed by atoms with E-state index in [9.17, 15) is 4.79 Å². The molecule has 0 spiro atoms. The molecule has 0 amide bonds. The summed E-state index contributed by atoms with van der Waals surface area (Å²) in [5.41, 5.74) is 0.632.